The van der Waals surface area contributed by atoms with Crippen molar-refractivity contribution < 1.29 is 14.3 Å². The lowest BCUT2D eigenvalue weighted by Crippen LogP contribution is -2.54. The molecule has 5 aromatic carbocycles. The van der Waals surface area contributed by atoms with Gasteiger partial charge in [0.05, 0.1) is 22.1 Å². The van der Waals surface area contributed by atoms with Crippen LogP contribution in [-0.4, -0.2) is 38.3 Å². The second-order valence-corrected chi connectivity index (χ2v) is 17.5. The summed E-state index contributed by atoms with van der Waals surface area (Å²) in [5, 5.41) is 5.44. The van der Waals surface area contributed by atoms with E-state index in [0.29, 0.717) is 17.0 Å². The number of ether oxygens (including phenoxy) is 1. The minimum Gasteiger partial charge on any atom is -0.486 e. The number of aromatic nitrogens is 2. The maximum atomic E-state index is 15.1. The van der Waals surface area contributed by atoms with Crippen LogP contribution in [-0.2, 0) is 11.3 Å². The van der Waals surface area contributed by atoms with Gasteiger partial charge in [-0.2, -0.15) is 0 Å². The molecular formula is C49H52N4O3. The second-order valence-electron chi connectivity index (χ2n) is 17.5. The highest BCUT2D eigenvalue weighted by Crippen LogP contribution is 2.62. The largest absolute Gasteiger partial charge is 0.486 e. The third kappa shape index (κ3) is 6.29. The Bertz CT molecular complexity index is 2440. The Balaban J connectivity index is 1.19. The maximum absolute atomic E-state index is 15.1. The summed E-state index contributed by atoms with van der Waals surface area (Å²) in [5.41, 5.74) is 5.98. The number of rotatable bonds is 7. The van der Waals surface area contributed by atoms with Crippen LogP contribution in [0.25, 0.3) is 32.8 Å². The highest BCUT2D eigenvalue weighted by Gasteiger charge is 2.56. The van der Waals surface area contributed by atoms with Gasteiger partial charge in [0, 0.05) is 39.9 Å². The molecule has 2 aliphatic carbocycles. The molecule has 0 radical (unpaired) electrons. The molecule has 2 fully saturated rings. The zero-order chi connectivity index (χ0) is 38.6. The van der Waals surface area contributed by atoms with Gasteiger partial charge in [0.1, 0.15) is 17.4 Å². The Morgan fingerprint density at radius 3 is 2.23 bits per heavy atom. The number of benzene rings is 5. The van der Waals surface area contributed by atoms with Gasteiger partial charge in [0.15, 0.2) is 0 Å². The lowest BCUT2D eigenvalue weighted by Gasteiger charge is -2.56. The highest BCUT2D eigenvalue weighted by atomic mass is 16.5. The summed E-state index contributed by atoms with van der Waals surface area (Å²) in [5.74, 6) is 1.36. The van der Waals surface area contributed by atoms with Gasteiger partial charge in [-0.05, 0) is 80.7 Å². The van der Waals surface area contributed by atoms with E-state index in [0.717, 1.165) is 88.3 Å². The zero-order valence-corrected chi connectivity index (χ0v) is 33.1. The molecule has 3 aliphatic rings. The summed E-state index contributed by atoms with van der Waals surface area (Å²) in [6.07, 6.45) is 8.60. The van der Waals surface area contributed by atoms with E-state index < -0.39 is 6.04 Å². The van der Waals surface area contributed by atoms with Gasteiger partial charge in [-0.15, -0.1) is 0 Å². The van der Waals surface area contributed by atoms with Crippen molar-refractivity contribution in [3.05, 3.63) is 125 Å². The molecule has 7 nitrogen and oxygen atoms in total. The van der Waals surface area contributed by atoms with Crippen LogP contribution >= 0.6 is 0 Å². The topological polar surface area (TPSA) is 84.4 Å². The van der Waals surface area contributed by atoms with Crippen LogP contribution in [0.4, 0.5) is 0 Å². The molecule has 4 atom stereocenters. The number of carbonyl (C=O) groups excluding carboxylic acids is 2. The third-order valence-electron chi connectivity index (χ3n) is 13.6. The first kappa shape index (κ1) is 36.3. The number of nitrogens with one attached hydrogen (secondary N) is 1. The first-order chi connectivity index (χ1) is 27.1. The van der Waals surface area contributed by atoms with Crippen LogP contribution in [0.3, 0.4) is 0 Å². The van der Waals surface area contributed by atoms with Crippen LogP contribution in [0.15, 0.2) is 103 Å². The van der Waals surface area contributed by atoms with Gasteiger partial charge >= 0.3 is 0 Å². The van der Waals surface area contributed by atoms with Crippen LogP contribution in [0.2, 0.25) is 0 Å². The molecule has 1 aromatic heterocycles. The fourth-order valence-electron chi connectivity index (χ4n) is 10.0. The van der Waals surface area contributed by atoms with E-state index in [-0.39, 0.29) is 41.3 Å². The quantitative estimate of drug-likeness (QED) is 0.130. The van der Waals surface area contributed by atoms with Crippen molar-refractivity contribution >= 4 is 44.7 Å². The highest BCUT2D eigenvalue weighted by molar-refractivity contribution is 6.11. The van der Waals surface area contributed by atoms with E-state index in [9.17, 15) is 4.79 Å². The first-order valence-electron chi connectivity index (χ1n) is 20.7. The number of carbonyl (C=O) groups is 2. The van der Waals surface area contributed by atoms with Crippen LogP contribution in [0.5, 0.6) is 5.75 Å². The molecule has 2 heterocycles. The van der Waals surface area contributed by atoms with Gasteiger partial charge in [-0.3, -0.25) is 9.59 Å². The lowest BCUT2D eigenvalue weighted by atomic mass is 9.54. The molecule has 286 valence electrons. The molecule has 7 heteroatoms. The Morgan fingerprint density at radius 1 is 0.804 bits per heavy atom. The number of nitrogens with zero attached hydrogens (tertiary/aromatic N) is 3. The fraction of sp³-hybridized carbons (Fsp3) is 0.388. The minimum atomic E-state index is -0.825. The van der Waals surface area contributed by atoms with Gasteiger partial charge < -0.3 is 15.0 Å². The number of hydrogen-bond donors (Lipinski definition) is 1. The van der Waals surface area contributed by atoms with Crippen molar-refractivity contribution in [2.45, 2.75) is 109 Å². The van der Waals surface area contributed by atoms with Crippen molar-refractivity contribution in [2.24, 2.45) is 11.3 Å². The summed E-state index contributed by atoms with van der Waals surface area (Å²) in [6, 6.07) is 33.0. The molecule has 0 saturated heterocycles. The third-order valence-corrected chi connectivity index (χ3v) is 13.6. The molecule has 1 N–H and O–H groups in total. The summed E-state index contributed by atoms with van der Waals surface area (Å²) in [6.45, 7) is 9.53. The van der Waals surface area contributed by atoms with Gasteiger partial charge in [0.25, 0.3) is 5.91 Å². The summed E-state index contributed by atoms with van der Waals surface area (Å²) in [7, 11) is 0. The lowest BCUT2D eigenvalue weighted by molar-refractivity contribution is -0.127. The van der Waals surface area contributed by atoms with Crippen molar-refractivity contribution in [1.29, 1.82) is 0 Å². The van der Waals surface area contributed by atoms with Gasteiger partial charge in [-0.1, -0.05) is 124 Å². The molecule has 2 saturated carbocycles. The van der Waals surface area contributed by atoms with E-state index in [4.69, 9.17) is 14.7 Å². The van der Waals surface area contributed by atoms with Gasteiger partial charge in [0.2, 0.25) is 5.91 Å². The molecule has 4 unspecified atom stereocenters. The number of fused-ring (bicyclic) bond motifs is 9. The van der Waals surface area contributed by atoms with E-state index in [1.165, 1.54) is 12.8 Å². The van der Waals surface area contributed by atoms with E-state index in [1.807, 2.05) is 78.9 Å². The Hall–Kier alpha value is -5.30. The number of amides is 2. The molecule has 2 amide bonds. The molecule has 6 aromatic rings. The Kier molecular flexibility index (Phi) is 9.30. The minimum absolute atomic E-state index is 0.0844. The van der Waals surface area contributed by atoms with Crippen LogP contribution in [0.1, 0.15) is 118 Å². The SMILES string of the molecule is CC1CCC2(C)C(C1)c1c(c3ccccc3c3nc4ccc(C(=O)N(Cc5ccccc5)C(C(=O)NC5CCCCC5)c5ccccc5)cc4nc13)OC2(C)C. The first-order valence-corrected chi connectivity index (χ1v) is 20.7. The predicted molar refractivity (Wildman–Crippen MR) is 224 cm³/mol. The van der Waals surface area contributed by atoms with E-state index >= 15 is 4.79 Å². The van der Waals surface area contributed by atoms with Crippen molar-refractivity contribution in [1.82, 2.24) is 20.2 Å². The zero-order valence-electron chi connectivity index (χ0n) is 33.1. The van der Waals surface area contributed by atoms with Gasteiger partial charge in [-0.25, -0.2) is 9.97 Å². The van der Waals surface area contributed by atoms with Crippen molar-refractivity contribution in [2.75, 3.05) is 0 Å². The van der Waals surface area contributed by atoms with E-state index in [1.54, 1.807) is 4.90 Å². The second kappa shape index (κ2) is 14.3. The summed E-state index contributed by atoms with van der Waals surface area (Å²) in [4.78, 5) is 42.0. The molecule has 0 spiro atoms. The molecule has 56 heavy (non-hydrogen) atoms. The summed E-state index contributed by atoms with van der Waals surface area (Å²) < 4.78 is 7.09. The van der Waals surface area contributed by atoms with Crippen LogP contribution < -0.4 is 10.1 Å². The average Bonchev–Trinajstić information content (AvgIpc) is 3.21. The van der Waals surface area contributed by atoms with Crippen LogP contribution in [0, 0.1) is 11.3 Å². The smallest absolute Gasteiger partial charge is 0.255 e. The molecule has 0 bridgehead atoms. The average molecular weight is 745 g/mol. The number of hydrogen-bond acceptors (Lipinski definition) is 5. The predicted octanol–water partition coefficient (Wildman–Crippen LogP) is 10.8. The standard InChI is InChI=1S/C49H52N4O3/c1-31-26-27-49(4)38(28-31)41-43-42(36-22-14-15-23-37(36)45(41)56-48(49,2)3)51-39-25-24-34(29-40(39)52-43)47(55)53(30-32-16-8-5-9-17-32)44(33-18-10-6-11-19-33)46(54)50-35-20-12-7-13-21-35/h5-6,8-11,14-19,22-25,29,31,35,38,44H,7,12-13,20-21,26-28,30H2,1-4H3,(H,50,54). The maximum Gasteiger partial charge on any atom is 0.255 e. The molecule has 9 rings (SSSR count). The molecular weight excluding hydrogens is 693 g/mol. The van der Waals surface area contributed by atoms with E-state index in [2.05, 4.69) is 57.3 Å². The molecule has 1 aliphatic heterocycles. The van der Waals surface area contributed by atoms with Crippen molar-refractivity contribution in [3.63, 3.8) is 0 Å². The fourth-order valence-corrected chi connectivity index (χ4v) is 10.0. The Morgan fingerprint density at radius 2 is 1.48 bits per heavy atom. The Labute approximate surface area is 329 Å². The monoisotopic (exact) mass is 744 g/mol. The van der Waals surface area contributed by atoms with Crippen molar-refractivity contribution in [3.8, 4) is 5.75 Å². The summed E-state index contributed by atoms with van der Waals surface area (Å²) >= 11 is 0. The normalized spacial score (nSPS) is 22.5.